The maximum atomic E-state index is 12.6. The Kier molecular flexibility index (Phi) is 4.02. The lowest BCUT2D eigenvalue weighted by atomic mass is 10.1. The van der Waals surface area contributed by atoms with Crippen molar-refractivity contribution in [2.24, 2.45) is 0 Å². The van der Waals surface area contributed by atoms with Crippen molar-refractivity contribution in [2.75, 3.05) is 41.7 Å². The van der Waals surface area contributed by atoms with Crippen LogP contribution in [0.25, 0.3) is 0 Å². The molecule has 0 atom stereocenters. The summed E-state index contributed by atoms with van der Waals surface area (Å²) in [6.45, 7) is 2.99. The quantitative estimate of drug-likeness (QED) is 0.923. The largest absolute Gasteiger partial charge is 0.416 e. The first-order valence-corrected chi connectivity index (χ1v) is 7.32. The van der Waals surface area contributed by atoms with Gasteiger partial charge >= 0.3 is 6.18 Å². The highest BCUT2D eigenvalue weighted by atomic mass is 19.4. The maximum Gasteiger partial charge on any atom is 0.416 e. The van der Waals surface area contributed by atoms with Gasteiger partial charge in [0, 0.05) is 31.9 Å². The number of nitrogen functional groups attached to an aromatic ring is 1. The van der Waals surface area contributed by atoms with Crippen molar-refractivity contribution in [3.05, 3.63) is 48.2 Å². The van der Waals surface area contributed by atoms with Crippen LogP contribution in [0.5, 0.6) is 0 Å². The van der Waals surface area contributed by atoms with E-state index >= 15 is 0 Å². The second kappa shape index (κ2) is 5.98. The second-order valence-corrected chi connectivity index (χ2v) is 5.47. The Morgan fingerprint density at radius 2 is 1.48 bits per heavy atom. The summed E-state index contributed by atoms with van der Waals surface area (Å²) < 4.78 is 37.8. The van der Waals surface area contributed by atoms with Crippen LogP contribution in [-0.2, 0) is 6.18 Å². The number of alkyl halides is 3. The van der Waals surface area contributed by atoms with E-state index in [-0.39, 0.29) is 0 Å². The Bertz CT molecular complexity index is 645. The molecule has 1 aliphatic heterocycles. The summed E-state index contributed by atoms with van der Waals surface area (Å²) in [4.78, 5) is 8.51. The topological polar surface area (TPSA) is 45.4 Å². The highest BCUT2D eigenvalue weighted by Gasteiger charge is 2.30. The third-order valence-electron chi connectivity index (χ3n) is 3.93. The normalized spacial score (nSPS) is 15.8. The SMILES string of the molecule is Nc1ccc(N2CCN(c3ccc(C(F)(F)F)cc3)CC2)nc1. The van der Waals surface area contributed by atoms with E-state index in [1.54, 1.807) is 6.20 Å². The Morgan fingerprint density at radius 3 is 2.00 bits per heavy atom. The van der Waals surface area contributed by atoms with Gasteiger partial charge in [0.15, 0.2) is 0 Å². The molecule has 0 bridgehead atoms. The number of rotatable bonds is 2. The molecule has 0 radical (unpaired) electrons. The number of piperazine rings is 1. The zero-order valence-corrected chi connectivity index (χ0v) is 12.4. The van der Waals surface area contributed by atoms with Crippen LogP contribution < -0.4 is 15.5 Å². The Balaban J connectivity index is 1.63. The fraction of sp³-hybridized carbons (Fsp3) is 0.312. The van der Waals surface area contributed by atoms with Crippen molar-refractivity contribution < 1.29 is 13.2 Å². The number of hydrogen-bond donors (Lipinski definition) is 1. The van der Waals surface area contributed by atoms with Crippen molar-refractivity contribution in [3.8, 4) is 0 Å². The van der Waals surface area contributed by atoms with Crippen LogP contribution in [0.2, 0.25) is 0 Å². The van der Waals surface area contributed by atoms with Crippen LogP contribution in [0.15, 0.2) is 42.6 Å². The third kappa shape index (κ3) is 3.49. The van der Waals surface area contributed by atoms with Gasteiger partial charge in [-0.1, -0.05) is 0 Å². The van der Waals surface area contributed by atoms with Crippen molar-refractivity contribution in [2.45, 2.75) is 6.18 Å². The number of hydrogen-bond acceptors (Lipinski definition) is 4. The zero-order valence-electron chi connectivity index (χ0n) is 12.4. The molecule has 2 N–H and O–H groups in total. The van der Waals surface area contributed by atoms with Gasteiger partial charge in [-0.15, -0.1) is 0 Å². The van der Waals surface area contributed by atoms with E-state index in [0.29, 0.717) is 5.69 Å². The molecule has 1 aliphatic rings. The lowest BCUT2D eigenvalue weighted by Gasteiger charge is -2.36. The maximum absolute atomic E-state index is 12.6. The first kappa shape index (κ1) is 15.5. The summed E-state index contributed by atoms with van der Waals surface area (Å²) in [6, 6.07) is 9.00. The monoisotopic (exact) mass is 322 g/mol. The van der Waals surface area contributed by atoms with Gasteiger partial charge < -0.3 is 15.5 Å². The fourth-order valence-corrected chi connectivity index (χ4v) is 2.64. The molecule has 1 aromatic carbocycles. The summed E-state index contributed by atoms with van der Waals surface area (Å²) in [7, 11) is 0. The number of nitrogens with zero attached hydrogens (tertiary/aromatic N) is 3. The minimum absolute atomic E-state index is 0.619. The van der Waals surface area contributed by atoms with Gasteiger partial charge in [0.25, 0.3) is 0 Å². The summed E-state index contributed by atoms with van der Waals surface area (Å²) in [5.74, 6) is 0.867. The molecule has 0 unspecified atom stereocenters. The number of halogens is 3. The molecule has 4 nitrogen and oxygen atoms in total. The van der Waals surface area contributed by atoms with Gasteiger partial charge in [-0.25, -0.2) is 4.98 Å². The van der Waals surface area contributed by atoms with E-state index in [9.17, 15) is 13.2 Å². The highest BCUT2D eigenvalue weighted by Crippen LogP contribution is 2.30. The molecular formula is C16H17F3N4. The molecular weight excluding hydrogens is 305 g/mol. The van der Waals surface area contributed by atoms with Gasteiger partial charge in [-0.3, -0.25) is 0 Å². The Morgan fingerprint density at radius 1 is 0.870 bits per heavy atom. The number of anilines is 3. The molecule has 2 aromatic rings. The smallest absolute Gasteiger partial charge is 0.397 e. The first-order valence-electron chi connectivity index (χ1n) is 7.32. The molecule has 0 amide bonds. The van der Waals surface area contributed by atoms with Crippen molar-refractivity contribution >= 4 is 17.2 Å². The van der Waals surface area contributed by atoms with Crippen LogP contribution in [0.4, 0.5) is 30.4 Å². The van der Waals surface area contributed by atoms with Crippen LogP contribution in [0.3, 0.4) is 0 Å². The van der Waals surface area contributed by atoms with E-state index in [0.717, 1.165) is 49.8 Å². The standard InChI is InChI=1S/C16H17F3N4/c17-16(18,19)12-1-4-14(5-2-12)22-7-9-23(10-8-22)15-6-3-13(20)11-21-15/h1-6,11H,7-10,20H2. The van der Waals surface area contributed by atoms with E-state index in [1.165, 1.54) is 12.1 Å². The van der Waals surface area contributed by atoms with E-state index in [2.05, 4.69) is 14.8 Å². The average Bonchev–Trinajstić information content (AvgIpc) is 2.55. The third-order valence-corrected chi connectivity index (χ3v) is 3.93. The molecule has 3 rings (SSSR count). The highest BCUT2D eigenvalue weighted by molar-refractivity contribution is 5.51. The van der Waals surface area contributed by atoms with E-state index in [1.807, 2.05) is 12.1 Å². The number of aromatic nitrogens is 1. The Hall–Kier alpha value is -2.44. The van der Waals surface area contributed by atoms with Gasteiger partial charge in [-0.2, -0.15) is 13.2 Å². The molecule has 1 aromatic heterocycles. The second-order valence-electron chi connectivity index (χ2n) is 5.47. The molecule has 122 valence electrons. The molecule has 0 aliphatic carbocycles. The summed E-state index contributed by atoms with van der Waals surface area (Å²) in [5.41, 5.74) is 6.44. The summed E-state index contributed by atoms with van der Waals surface area (Å²) in [5, 5.41) is 0. The van der Waals surface area contributed by atoms with Gasteiger partial charge in [0.05, 0.1) is 17.4 Å². The minimum Gasteiger partial charge on any atom is -0.397 e. The number of nitrogens with two attached hydrogens (primary N) is 1. The summed E-state index contributed by atoms with van der Waals surface area (Å²) in [6.07, 6.45) is -2.67. The van der Waals surface area contributed by atoms with Crippen LogP contribution >= 0.6 is 0 Å². The fourth-order valence-electron chi connectivity index (χ4n) is 2.64. The molecule has 0 saturated carbocycles. The zero-order chi connectivity index (χ0) is 16.4. The van der Waals surface area contributed by atoms with Gasteiger partial charge in [-0.05, 0) is 36.4 Å². The van der Waals surface area contributed by atoms with Crippen molar-refractivity contribution in [1.82, 2.24) is 4.98 Å². The lowest BCUT2D eigenvalue weighted by molar-refractivity contribution is -0.137. The average molecular weight is 322 g/mol. The van der Waals surface area contributed by atoms with Gasteiger partial charge in [0.1, 0.15) is 5.82 Å². The molecule has 23 heavy (non-hydrogen) atoms. The first-order chi connectivity index (χ1) is 10.9. The molecule has 1 saturated heterocycles. The number of pyridine rings is 1. The summed E-state index contributed by atoms with van der Waals surface area (Å²) >= 11 is 0. The molecule has 0 spiro atoms. The van der Waals surface area contributed by atoms with Crippen molar-refractivity contribution in [3.63, 3.8) is 0 Å². The van der Waals surface area contributed by atoms with Crippen LogP contribution in [0, 0.1) is 0 Å². The van der Waals surface area contributed by atoms with Crippen LogP contribution in [-0.4, -0.2) is 31.2 Å². The van der Waals surface area contributed by atoms with Crippen molar-refractivity contribution in [1.29, 1.82) is 0 Å². The Labute approximate surface area is 132 Å². The predicted octanol–water partition coefficient (Wildman–Crippen LogP) is 3.01. The predicted molar refractivity (Wildman–Crippen MR) is 84.5 cm³/mol. The lowest BCUT2D eigenvalue weighted by Crippen LogP contribution is -2.46. The van der Waals surface area contributed by atoms with Crippen LogP contribution in [0.1, 0.15) is 5.56 Å². The van der Waals surface area contributed by atoms with E-state index in [4.69, 9.17) is 5.73 Å². The van der Waals surface area contributed by atoms with E-state index < -0.39 is 11.7 Å². The van der Waals surface area contributed by atoms with Gasteiger partial charge in [0.2, 0.25) is 0 Å². The minimum atomic E-state index is -4.29. The molecule has 2 heterocycles. The molecule has 7 heteroatoms. The number of benzene rings is 1. The molecule has 1 fully saturated rings.